The number of hydrogen-bond donors (Lipinski definition) is 1. The Labute approximate surface area is 270 Å². The molecular weight excluding hydrogens is 575 g/mol. The summed E-state index contributed by atoms with van der Waals surface area (Å²) in [6, 6.07) is 30.8. The minimum atomic E-state index is -0.130. The van der Waals surface area contributed by atoms with Crippen molar-refractivity contribution in [1.82, 2.24) is 10.2 Å². The van der Waals surface area contributed by atoms with Crippen LogP contribution in [0, 0.1) is 11.7 Å². The van der Waals surface area contributed by atoms with Crippen LogP contribution in [0.1, 0.15) is 57.3 Å². The van der Waals surface area contributed by atoms with Gasteiger partial charge in [-0.2, -0.15) is 0 Å². The van der Waals surface area contributed by atoms with Gasteiger partial charge in [0.05, 0.1) is 12.3 Å². The third-order valence-corrected chi connectivity index (χ3v) is 10.6. The maximum absolute atomic E-state index is 15.9. The molecule has 236 valence electrons. The van der Waals surface area contributed by atoms with Crippen LogP contribution in [0.3, 0.4) is 0 Å². The Morgan fingerprint density at radius 1 is 0.783 bits per heavy atom. The average Bonchev–Trinajstić information content (AvgIpc) is 3.48. The fourth-order valence-electron chi connectivity index (χ4n) is 8.06. The maximum Gasteiger partial charge on any atom is 0.251 e. The van der Waals surface area contributed by atoms with Gasteiger partial charge in [-0.1, -0.05) is 54.6 Å². The van der Waals surface area contributed by atoms with Crippen LogP contribution in [-0.2, 0) is 6.54 Å². The number of benzene rings is 4. The van der Waals surface area contributed by atoms with E-state index in [1.807, 2.05) is 36.4 Å². The number of piperidine rings is 1. The number of carbonyl (C=O) groups is 1. The highest BCUT2D eigenvalue weighted by Crippen LogP contribution is 2.46. The van der Waals surface area contributed by atoms with Crippen molar-refractivity contribution in [2.45, 2.75) is 31.2 Å². The Bertz CT molecular complexity index is 1710. The normalized spacial score (nSPS) is 21.8. The zero-order valence-electron chi connectivity index (χ0n) is 26.2. The second kappa shape index (κ2) is 12.4. The molecule has 0 spiro atoms. The number of rotatable bonds is 6. The van der Waals surface area contributed by atoms with Crippen molar-refractivity contribution in [2.75, 3.05) is 62.2 Å². The van der Waals surface area contributed by atoms with E-state index in [0.717, 1.165) is 92.3 Å². The van der Waals surface area contributed by atoms with Crippen LogP contribution in [0.2, 0.25) is 0 Å². The van der Waals surface area contributed by atoms with Gasteiger partial charge >= 0.3 is 0 Å². The fraction of sp³-hybridized carbons (Fsp3) is 0.359. The monoisotopic (exact) mass is 616 g/mol. The molecule has 2 atom stereocenters. The second-order valence-corrected chi connectivity index (χ2v) is 13.3. The maximum atomic E-state index is 15.9. The zero-order chi connectivity index (χ0) is 31.0. The number of nitrogens with one attached hydrogen (secondary N) is 1. The van der Waals surface area contributed by atoms with E-state index in [9.17, 15) is 4.79 Å². The number of fused-ring (bicyclic) bond motifs is 2. The Balaban J connectivity index is 0.891. The number of ether oxygens (including phenoxy) is 1. The summed E-state index contributed by atoms with van der Waals surface area (Å²) >= 11 is 0. The molecule has 7 heteroatoms. The van der Waals surface area contributed by atoms with Gasteiger partial charge in [-0.05, 0) is 71.8 Å². The molecule has 0 aromatic heterocycles. The molecule has 8 rings (SSSR count). The first kappa shape index (κ1) is 29.1. The van der Waals surface area contributed by atoms with Crippen molar-refractivity contribution in [3.05, 3.63) is 125 Å². The van der Waals surface area contributed by atoms with Gasteiger partial charge in [0, 0.05) is 81.0 Å². The van der Waals surface area contributed by atoms with E-state index in [-0.39, 0.29) is 23.6 Å². The van der Waals surface area contributed by atoms with Gasteiger partial charge in [0.2, 0.25) is 0 Å². The molecule has 4 heterocycles. The van der Waals surface area contributed by atoms with E-state index < -0.39 is 0 Å². The van der Waals surface area contributed by atoms with Gasteiger partial charge in [0.15, 0.2) is 0 Å². The number of amides is 1. The van der Waals surface area contributed by atoms with Gasteiger partial charge in [0.1, 0.15) is 11.6 Å². The SMILES string of the molecule is O=C1NCc2cc(N3CCN(CC4CCN(c5ccc([C@@H]6c7ccccc7OC[C@@H]6c6ccccc6)cc5F)CC4)CC3)ccc21. The molecular formula is C39H41FN4O2. The molecule has 46 heavy (non-hydrogen) atoms. The number of nitrogens with zero attached hydrogens (tertiary/aromatic N) is 3. The van der Waals surface area contributed by atoms with Crippen molar-refractivity contribution >= 4 is 17.3 Å². The lowest BCUT2D eigenvalue weighted by Crippen LogP contribution is -2.49. The lowest BCUT2D eigenvalue weighted by atomic mass is 9.76. The van der Waals surface area contributed by atoms with Crippen LogP contribution in [0.4, 0.5) is 15.8 Å². The fourth-order valence-corrected chi connectivity index (χ4v) is 8.06. The highest BCUT2D eigenvalue weighted by molar-refractivity contribution is 5.98. The van der Waals surface area contributed by atoms with Crippen molar-refractivity contribution in [3.8, 4) is 5.75 Å². The van der Waals surface area contributed by atoms with Crippen LogP contribution in [0.25, 0.3) is 0 Å². The molecule has 4 aliphatic heterocycles. The lowest BCUT2D eigenvalue weighted by Gasteiger charge is -2.40. The molecule has 0 saturated carbocycles. The summed E-state index contributed by atoms with van der Waals surface area (Å²) < 4.78 is 22.1. The van der Waals surface area contributed by atoms with Crippen molar-refractivity contribution in [2.24, 2.45) is 5.92 Å². The average molecular weight is 617 g/mol. The lowest BCUT2D eigenvalue weighted by molar-refractivity contribution is 0.0965. The molecule has 0 aliphatic carbocycles. The summed E-state index contributed by atoms with van der Waals surface area (Å²) in [5.41, 5.74) is 7.20. The highest BCUT2D eigenvalue weighted by atomic mass is 19.1. The molecule has 0 radical (unpaired) electrons. The number of carbonyl (C=O) groups excluding carboxylic acids is 1. The Hall–Kier alpha value is -4.36. The number of anilines is 2. The third-order valence-electron chi connectivity index (χ3n) is 10.6. The highest BCUT2D eigenvalue weighted by Gasteiger charge is 2.34. The molecule has 1 N–H and O–H groups in total. The summed E-state index contributed by atoms with van der Waals surface area (Å²) in [7, 11) is 0. The van der Waals surface area contributed by atoms with Gasteiger partial charge in [-0.3, -0.25) is 9.69 Å². The summed E-state index contributed by atoms with van der Waals surface area (Å²) in [4.78, 5) is 19.2. The Kier molecular flexibility index (Phi) is 7.86. The van der Waals surface area contributed by atoms with Gasteiger partial charge in [-0.15, -0.1) is 0 Å². The van der Waals surface area contributed by atoms with E-state index in [1.54, 1.807) is 6.07 Å². The minimum absolute atomic E-state index is 0.0333. The van der Waals surface area contributed by atoms with Crippen molar-refractivity contribution < 1.29 is 13.9 Å². The summed E-state index contributed by atoms with van der Waals surface area (Å²) in [5.74, 6) is 1.59. The molecule has 2 fully saturated rings. The van der Waals surface area contributed by atoms with Gasteiger partial charge < -0.3 is 19.9 Å². The molecule has 2 saturated heterocycles. The first-order valence-electron chi connectivity index (χ1n) is 16.8. The van der Waals surface area contributed by atoms with Crippen LogP contribution >= 0.6 is 0 Å². The standard InChI is InChI=1S/C39H41FN4O2/c40-35-23-29(38-33-8-4-5-9-37(33)46-26-34(38)28-6-2-1-3-7-28)10-13-36(35)44-16-14-27(15-17-44)25-42-18-20-43(21-19-42)31-11-12-32-30(22-31)24-41-39(32)45/h1-13,22-23,27,34,38H,14-21,24-26H2,(H,41,45)/t34-,38-/m1/s1. The molecule has 4 aromatic rings. The zero-order valence-corrected chi connectivity index (χ0v) is 26.2. The molecule has 6 nitrogen and oxygen atoms in total. The summed E-state index contributed by atoms with van der Waals surface area (Å²) in [6.45, 7) is 8.17. The quantitative estimate of drug-likeness (QED) is 0.271. The smallest absolute Gasteiger partial charge is 0.251 e. The van der Waals surface area contributed by atoms with Gasteiger partial charge in [-0.25, -0.2) is 4.39 Å². The second-order valence-electron chi connectivity index (χ2n) is 13.3. The Morgan fingerprint density at radius 3 is 2.37 bits per heavy atom. The molecule has 0 bridgehead atoms. The predicted molar refractivity (Wildman–Crippen MR) is 181 cm³/mol. The predicted octanol–water partition coefficient (Wildman–Crippen LogP) is 6.42. The summed E-state index contributed by atoms with van der Waals surface area (Å²) in [6.07, 6.45) is 2.16. The number of para-hydroxylation sites is 1. The first-order chi connectivity index (χ1) is 22.6. The van der Waals surface area contributed by atoms with Crippen LogP contribution < -0.4 is 19.9 Å². The van der Waals surface area contributed by atoms with E-state index in [4.69, 9.17) is 4.74 Å². The Morgan fingerprint density at radius 2 is 1.57 bits per heavy atom. The van der Waals surface area contributed by atoms with E-state index in [2.05, 4.69) is 68.5 Å². The number of piperazine rings is 1. The molecule has 0 unspecified atom stereocenters. The minimum Gasteiger partial charge on any atom is -0.493 e. The summed E-state index contributed by atoms with van der Waals surface area (Å²) in [5, 5.41) is 2.92. The molecule has 4 aliphatic rings. The molecule has 1 amide bonds. The van der Waals surface area contributed by atoms with Crippen LogP contribution in [0.5, 0.6) is 5.75 Å². The topological polar surface area (TPSA) is 48.1 Å². The largest absolute Gasteiger partial charge is 0.493 e. The molecule has 4 aromatic carbocycles. The van der Waals surface area contributed by atoms with Crippen LogP contribution in [0.15, 0.2) is 91.0 Å². The third kappa shape index (κ3) is 5.62. The number of hydrogen-bond acceptors (Lipinski definition) is 5. The van der Waals surface area contributed by atoms with Crippen molar-refractivity contribution in [1.29, 1.82) is 0 Å². The van der Waals surface area contributed by atoms with E-state index in [1.165, 1.54) is 11.3 Å². The van der Waals surface area contributed by atoms with E-state index >= 15 is 4.39 Å². The van der Waals surface area contributed by atoms with E-state index in [0.29, 0.717) is 19.1 Å². The van der Waals surface area contributed by atoms with Gasteiger partial charge in [0.25, 0.3) is 5.91 Å². The van der Waals surface area contributed by atoms with Crippen molar-refractivity contribution in [3.63, 3.8) is 0 Å². The number of halogens is 1. The van der Waals surface area contributed by atoms with Crippen LogP contribution in [-0.4, -0.2) is 63.2 Å². The first-order valence-corrected chi connectivity index (χ1v) is 16.8.